The van der Waals surface area contributed by atoms with Crippen LogP contribution in [-0.2, 0) is 28.7 Å². The highest BCUT2D eigenvalue weighted by molar-refractivity contribution is 5.92. The van der Waals surface area contributed by atoms with Crippen LogP contribution in [0.15, 0.2) is 11.6 Å². The molecule has 3 fully saturated rings. The zero-order valence-electron chi connectivity index (χ0n) is 18.2. The molecule has 0 heterocycles. The van der Waals surface area contributed by atoms with E-state index in [1.807, 2.05) is 6.08 Å². The van der Waals surface area contributed by atoms with Gasteiger partial charge in [-0.2, -0.15) is 0 Å². The molecule has 0 N–H and O–H groups in total. The lowest BCUT2D eigenvalue weighted by molar-refractivity contribution is -0.183. The standard InChI is InChI=1S/C24H32O6/c1-15(26)29-13-21(28)24(30-14-25)11-8-20-18-5-4-16-12-17(27)6-9-22(16,2)19(18)7-10-23(20,24)3/h12,14,18-20H,4-11,13H2,1-3H3/t18-,19+,20+,22+,23+,24-/m1/s1. The molecule has 30 heavy (non-hydrogen) atoms. The molecule has 0 saturated heterocycles. The van der Waals surface area contributed by atoms with Crippen LogP contribution >= 0.6 is 0 Å². The van der Waals surface area contributed by atoms with Gasteiger partial charge in [0.25, 0.3) is 6.47 Å². The Balaban J connectivity index is 1.65. The van der Waals surface area contributed by atoms with Crippen LogP contribution in [0, 0.1) is 28.6 Å². The summed E-state index contributed by atoms with van der Waals surface area (Å²) in [6, 6.07) is 0. The van der Waals surface area contributed by atoms with E-state index in [1.54, 1.807) is 0 Å². The third kappa shape index (κ3) is 2.89. The molecule has 0 radical (unpaired) electrons. The van der Waals surface area contributed by atoms with E-state index in [2.05, 4.69) is 13.8 Å². The van der Waals surface area contributed by atoms with E-state index in [4.69, 9.17) is 9.47 Å². The van der Waals surface area contributed by atoms with Crippen LogP contribution in [0.1, 0.15) is 72.1 Å². The van der Waals surface area contributed by atoms with Gasteiger partial charge < -0.3 is 9.47 Å². The number of allylic oxidation sites excluding steroid dienone is 1. The van der Waals surface area contributed by atoms with Gasteiger partial charge in [0.2, 0.25) is 5.78 Å². The number of hydrogen-bond donors (Lipinski definition) is 0. The molecule has 0 aromatic rings. The van der Waals surface area contributed by atoms with Gasteiger partial charge in [0.05, 0.1) is 0 Å². The zero-order chi connectivity index (χ0) is 21.7. The Morgan fingerprint density at radius 3 is 2.53 bits per heavy atom. The Hall–Kier alpha value is -1.98. The highest BCUT2D eigenvalue weighted by Crippen LogP contribution is 2.68. The van der Waals surface area contributed by atoms with E-state index < -0.39 is 17.0 Å². The lowest BCUT2D eigenvalue weighted by Gasteiger charge is -2.59. The monoisotopic (exact) mass is 416 g/mol. The number of Topliss-reactive ketones (excluding diaryl/α,β-unsaturated/α-hetero) is 1. The molecule has 0 amide bonds. The normalized spacial score (nSPS) is 42.3. The molecule has 4 aliphatic carbocycles. The SMILES string of the molecule is CC(=O)OCC(=O)[C@]1(OC=O)CC[C@H]2[C@@H]3CCC4=CC(=O)CC[C@]4(C)[C@H]3CC[C@@]21C. The van der Waals surface area contributed by atoms with Crippen molar-refractivity contribution in [1.82, 2.24) is 0 Å². The maximum absolute atomic E-state index is 13.2. The van der Waals surface area contributed by atoms with Crippen molar-refractivity contribution in [3.05, 3.63) is 11.6 Å². The minimum Gasteiger partial charge on any atom is -0.458 e. The molecule has 6 atom stereocenters. The Morgan fingerprint density at radius 1 is 1.10 bits per heavy atom. The lowest BCUT2D eigenvalue weighted by Crippen LogP contribution is -2.59. The van der Waals surface area contributed by atoms with Gasteiger partial charge in [-0.15, -0.1) is 0 Å². The molecule has 0 aromatic heterocycles. The molecule has 3 saturated carbocycles. The van der Waals surface area contributed by atoms with Crippen LogP contribution in [0.5, 0.6) is 0 Å². The molecule has 0 bridgehead atoms. The summed E-state index contributed by atoms with van der Waals surface area (Å²) in [5.41, 5.74) is -0.326. The van der Waals surface area contributed by atoms with Crippen LogP contribution < -0.4 is 0 Å². The van der Waals surface area contributed by atoms with Crippen molar-refractivity contribution in [2.24, 2.45) is 28.6 Å². The Labute approximate surface area is 177 Å². The van der Waals surface area contributed by atoms with Crippen molar-refractivity contribution in [3.8, 4) is 0 Å². The van der Waals surface area contributed by atoms with Gasteiger partial charge in [-0.25, -0.2) is 0 Å². The predicted molar refractivity (Wildman–Crippen MR) is 108 cm³/mol. The molecular formula is C24H32O6. The maximum atomic E-state index is 13.2. The fourth-order valence-corrected chi connectivity index (χ4v) is 7.64. The first-order chi connectivity index (χ1) is 14.2. The van der Waals surface area contributed by atoms with Gasteiger partial charge in [-0.1, -0.05) is 19.4 Å². The van der Waals surface area contributed by atoms with E-state index >= 15 is 0 Å². The summed E-state index contributed by atoms with van der Waals surface area (Å²) in [5, 5.41) is 0. The molecule has 0 aromatic carbocycles. The summed E-state index contributed by atoms with van der Waals surface area (Å²) in [4.78, 5) is 47.9. The van der Waals surface area contributed by atoms with Crippen molar-refractivity contribution in [3.63, 3.8) is 0 Å². The number of carbonyl (C=O) groups is 4. The molecule has 6 heteroatoms. The highest BCUT2D eigenvalue weighted by Gasteiger charge is 2.68. The number of ketones is 2. The van der Waals surface area contributed by atoms with E-state index in [9.17, 15) is 19.2 Å². The van der Waals surface area contributed by atoms with Crippen LogP contribution in [0.25, 0.3) is 0 Å². The summed E-state index contributed by atoms with van der Waals surface area (Å²) in [6.45, 7) is 5.72. The van der Waals surface area contributed by atoms with Gasteiger partial charge in [0.15, 0.2) is 18.0 Å². The summed E-state index contributed by atoms with van der Waals surface area (Å²) in [5.74, 6) is 0.626. The molecule has 0 aliphatic heterocycles. The van der Waals surface area contributed by atoms with Gasteiger partial charge in [0, 0.05) is 18.8 Å². The number of hydrogen-bond acceptors (Lipinski definition) is 6. The topological polar surface area (TPSA) is 86.7 Å². The second-order valence-electron chi connectivity index (χ2n) is 10.2. The van der Waals surface area contributed by atoms with E-state index in [-0.39, 0.29) is 29.5 Å². The van der Waals surface area contributed by atoms with Gasteiger partial charge >= 0.3 is 5.97 Å². The number of carbonyl (C=O) groups excluding carboxylic acids is 4. The highest BCUT2D eigenvalue weighted by atomic mass is 16.6. The summed E-state index contributed by atoms with van der Waals surface area (Å²) in [6.07, 6.45) is 8.39. The van der Waals surface area contributed by atoms with Crippen LogP contribution in [0.4, 0.5) is 0 Å². The first-order valence-corrected chi connectivity index (χ1v) is 11.2. The second kappa shape index (κ2) is 7.31. The summed E-state index contributed by atoms with van der Waals surface area (Å²) in [7, 11) is 0. The fourth-order valence-electron chi connectivity index (χ4n) is 7.64. The average molecular weight is 417 g/mol. The van der Waals surface area contributed by atoms with Gasteiger partial charge in [-0.05, 0) is 74.2 Å². The zero-order valence-corrected chi connectivity index (χ0v) is 18.2. The molecule has 164 valence electrons. The minimum atomic E-state index is -1.22. The third-order valence-electron chi connectivity index (χ3n) is 9.19. The van der Waals surface area contributed by atoms with Crippen molar-refractivity contribution >= 4 is 24.0 Å². The number of ether oxygens (including phenoxy) is 2. The number of fused-ring (bicyclic) bond motifs is 5. The van der Waals surface area contributed by atoms with E-state index in [1.165, 1.54) is 12.5 Å². The summed E-state index contributed by atoms with van der Waals surface area (Å²) >= 11 is 0. The molecule has 0 spiro atoms. The Bertz CT molecular complexity index is 815. The van der Waals surface area contributed by atoms with E-state index in [0.717, 1.165) is 38.5 Å². The average Bonchev–Trinajstić information content (AvgIpc) is 3.00. The van der Waals surface area contributed by atoms with Crippen molar-refractivity contribution in [2.45, 2.75) is 77.7 Å². The van der Waals surface area contributed by atoms with Crippen molar-refractivity contribution < 1.29 is 28.7 Å². The molecular weight excluding hydrogens is 384 g/mol. The first kappa shape index (κ1) is 21.3. The van der Waals surface area contributed by atoms with Crippen LogP contribution in [-0.4, -0.2) is 36.2 Å². The van der Waals surface area contributed by atoms with Gasteiger partial charge in [-0.3, -0.25) is 19.2 Å². The second-order valence-corrected chi connectivity index (χ2v) is 10.2. The molecule has 4 aliphatic rings. The third-order valence-corrected chi connectivity index (χ3v) is 9.19. The lowest BCUT2D eigenvalue weighted by atomic mass is 9.46. The van der Waals surface area contributed by atoms with Crippen LogP contribution in [0.3, 0.4) is 0 Å². The minimum absolute atomic E-state index is 0.0523. The maximum Gasteiger partial charge on any atom is 0.303 e. The smallest absolute Gasteiger partial charge is 0.303 e. The molecule has 4 rings (SSSR count). The Kier molecular flexibility index (Phi) is 5.18. The fraction of sp³-hybridized carbons (Fsp3) is 0.750. The number of esters is 1. The largest absolute Gasteiger partial charge is 0.458 e. The van der Waals surface area contributed by atoms with Gasteiger partial charge in [0.1, 0.15) is 0 Å². The van der Waals surface area contributed by atoms with E-state index in [0.29, 0.717) is 31.1 Å². The van der Waals surface area contributed by atoms with Crippen molar-refractivity contribution in [2.75, 3.05) is 6.61 Å². The Morgan fingerprint density at radius 2 is 1.83 bits per heavy atom. The number of rotatable bonds is 5. The molecule has 0 unspecified atom stereocenters. The first-order valence-electron chi connectivity index (χ1n) is 11.2. The molecule has 6 nitrogen and oxygen atoms in total. The quantitative estimate of drug-likeness (QED) is 0.503. The summed E-state index contributed by atoms with van der Waals surface area (Å²) < 4.78 is 10.6. The van der Waals surface area contributed by atoms with Crippen molar-refractivity contribution in [1.29, 1.82) is 0 Å². The van der Waals surface area contributed by atoms with Crippen LogP contribution in [0.2, 0.25) is 0 Å². The predicted octanol–water partition coefficient (Wildman–Crippen LogP) is 3.56.